The summed E-state index contributed by atoms with van der Waals surface area (Å²) < 4.78 is 54.1. The van der Waals surface area contributed by atoms with E-state index in [4.69, 9.17) is 9.88 Å². The van der Waals surface area contributed by atoms with Crippen molar-refractivity contribution >= 4 is 16.0 Å². The molecular formula is C13H15F2NO4S. The molecule has 2 rings (SSSR count). The van der Waals surface area contributed by atoms with Crippen molar-refractivity contribution < 1.29 is 26.7 Å². The number of benzene rings is 1. The highest BCUT2D eigenvalue weighted by molar-refractivity contribution is 7.89. The molecule has 0 radical (unpaired) electrons. The zero-order chi connectivity index (χ0) is 15.6. The van der Waals surface area contributed by atoms with Gasteiger partial charge in [-0.3, -0.25) is 0 Å². The molecular weight excluding hydrogens is 304 g/mol. The zero-order valence-corrected chi connectivity index (χ0v) is 12.0. The molecule has 0 aliphatic heterocycles. The number of carbonyl (C=O) groups is 1. The monoisotopic (exact) mass is 319 g/mol. The Bertz CT molecular complexity index is 656. The third-order valence-corrected chi connectivity index (χ3v) is 4.43. The second-order valence-electron chi connectivity index (χ2n) is 5.03. The molecule has 116 valence electrons. The summed E-state index contributed by atoms with van der Waals surface area (Å²) in [7, 11) is -4.24. The van der Waals surface area contributed by atoms with Gasteiger partial charge in [-0.15, -0.1) is 0 Å². The molecule has 1 aliphatic rings. The summed E-state index contributed by atoms with van der Waals surface area (Å²) in [5.41, 5.74) is -0.771. The van der Waals surface area contributed by atoms with Gasteiger partial charge in [0.2, 0.25) is 10.0 Å². The maximum absolute atomic E-state index is 13.6. The predicted molar refractivity (Wildman–Crippen MR) is 70.0 cm³/mol. The fourth-order valence-electron chi connectivity index (χ4n) is 2.05. The first-order valence-corrected chi connectivity index (χ1v) is 8.02. The Morgan fingerprint density at radius 3 is 2.52 bits per heavy atom. The maximum atomic E-state index is 13.6. The Morgan fingerprint density at radius 1 is 1.33 bits per heavy atom. The summed E-state index contributed by atoms with van der Waals surface area (Å²) in [6.07, 6.45) is 3.95. The van der Waals surface area contributed by atoms with Gasteiger partial charge in [-0.2, -0.15) is 0 Å². The number of rotatable bonds is 5. The van der Waals surface area contributed by atoms with Crippen LogP contribution in [0.1, 0.15) is 36.0 Å². The molecule has 1 aromatic rings. The van der Waals surface area contributed by atoms with E-state index < -0.39 is 38.1 Å². The molecule has 1 fully saturated rings. The van der Waals surface area contributed by atoms with Crippen molar-refractivity contribution in [3.8, 4) is 0 Å². The van der Waals surface area contributed by atoms with Crippen LogP contribution in [0.2, 0.25) is 0 Å². The highest BCUT2D eigenvalue weighted by atomic mass is 32.2. The Kier molecular flexibility index (Phi) is 4.58. The van der Waals surface area contributed by atoms with Gasteiger partial charge in [-0.25, -0.2) is 27.1 Å². The maximum Gasteiger partial charge on any atom is 0.341 e. The molecule has 0 saturated heterocycles. The first kappa shape index (κ1) is 15.8. The molecule has 1 aromatic carbocycles. The Labute approximate surface area is 121 Å². The minimum atomic E-state index is -4.24. The Morgan fingerprint density at radius 2 is 2.00 bits per heavy atom. The van der Waals surface area contributed by atoms with E-state index in [2.05, 4.69) is 0 Å². The average molecular weight is 319 g/mol. The minimum Gasteiger partial charge on any atom is -0.462 e. The molecule has 8 heteroatoms. The summed E-state index contributed by atoms with van der Waals surface area (Å²) in [6.45, 7) is 0.0875. The number of nitrogens with two attached hydrogens (primary N) is 1. The van der Waals surface area contributed by atoms with Crippen LogP contribution in [0.4, 0.5) is 8.78 Å². The van der Waals surface area contributed by atoms with Gasteiger partial charge in [0.15, 0.2) is 11.6 Å². The number of esters is 1. The summed E-state index contributed by atoms with van der Waals surface area (Å²) in [5, 5.41) is 4.84. The Hall–Kier alpha value is -1.54. The van der Waals surface area contributed by atoms with Crippen LogP contribution in [0.5, 0.6) is 0 Å². The molecule has 0 unspecified atom stereocenters. The van der Waals surface area contributed by atoms with Crippen LogP contribution in [0.25, 0.3) is 0 Å². The van der Waals surface area contributed by atoms with Crippen LogP contribution in [0.15, 0.2) is 17.0 Å². The molecule has 1 aliphatic carbocycles. The number of carbonyl (C=O) groups excluding carboxylic acids is 1. The van der Waals surface area contributed by atoms with Gasteiger partial charge < -0.3 is 4.74 Å². The third-order valence-electron chi connectivity index (χ3n) is 3.53. The lowest BCUT2D eigenvalue weighted by Crippen LogP contribution is -2.18. The van der Waals surface area contributed by atoms with Crippen LogP contribution >= 0.6 is 0 Å². The number of ether oxygens (including phenoxy) is 1. The fourth-order valence-corrected chi connectivity index (χ4v) is 2.60. The van der Waals surface area contributed by atoms with E-state index >= 15 is 0 Å². The van der Waals surface area contributed by atoms with Crippen LogP contribution < -0.4 is 5.14 Å². The van der Waals surface area contributed by atoms with Gasteiger partial charge in [0.25, 0.3) is 0 Å². The minimum absolute atomic E-state index is 0.0875. The van der Waals surface area contributed by atoms with Gasteiger partial charge in [-0.1, -0.05) is 19.3 Å². The summed E-state index contributed by atoms with van der Waals surface area (Å²) in [6, 6.07) is 1.11. The standard InChI is InChI=1S/C13H15F2NO4S/c14-11-7-9(21(16,18)19)6-10(12(11)15)13(17)20-5-4-8-2-1-3-8/h6-8H,1-5H2,(H2,16,18,19). The van der Waals surface area contributed by atoms with E-state index in [-0.39, 0.29) is 6.61 Å². The summed E-state index contributed by atoms with van der Waals surface area (Å²) >= 11 is 0. The van der Waals surface area contributed by atoms with Gasteiger partial charge in [0.1, 0.15) is 0 Å². The van der Waals surface area contributed by atoms with Gasteiger partial charge in [0.05, 0.1) is 17.1 Å². The molecule has 21 heavy (non-hydrogen) atoms. The lowest BCUT2D eigenvalue weighted by Gasteiger charge is -2.24. The van der Waals surface area contributed by atoms with Crippen LogP contribution in [0, 0.1) is 17.6 Å². The highest BCUT2D eigenvalue weighted by Gasteiger charge is 2.23. The second kappa shape index (κ2) is 6.07. The van der Waals surface area contributed by atoms with Crippen molar-refractivity contribution in [3.05, 3.63) is 29.3 Å². The molecule has 0 heterocycles. The lowest BCUT2D eigenvalue weighted by atomic mass is 9.83. The number of hydrogen-bond donors (Lipinski definition) is 1. The second-order valence-corrected chi connectivity index (χ2v) is 6.59. The lowest BCUT2D eigenvalue weighted by molar-refractivity contribution is 0.0457. The Balaban J connectivity index is 2.13. The predicted octanol–water partition coefficient (Wildman–Crippen LogP) is 1.96. The third kappa shape index (κ3) is 3.76. The molecule has 2 N–H and O–H groups in total. The van der Waals surface area contributed by atoms with E-state index in [1.54, 1.807) is 0 Å². The van der Waals surface area contributed by atoms with E-state index in [1.165, 1.54) is 0 Å². The van der Waals surface area contributed by atoms with Crippen LogP contribution in [-0.4, -0.2) is 21.0 Å². The molecule has 5 nitrogen and oxygen atoms in total. The van der Waals surface area contributed by atoms with Gasteiger partial charge >= 0.3 is 5.97 Å². The van der Waals surface area contributed by atoms with Crippen molar-refractivity contribution in [2.45, 2.75) is 30.6 Å². The normalized spacial score (nSPS) is 15.6. The smallest absolute Gasteiger partial charge is 0.341 e. The van der Waals surface area contributed by atoms with Crippen molar-refractivity contribution in [1.29, 1.82) is 0 Å². The van der Waals surface area contributed by atoms with E-state index in [0.29, 0.717) is 24.5 Å². The number of sulfonamides is 1. The van der Waals surface area contributed by atoms with Crippen molar-refractivity contribution in [1.82, 2.24) is 0 Å². The van der Waals surface area contributed by atoms with Crippen LogP contribution in [0.3, 0.4) is 0 Å². The largest absolute Gasteiger partial charge is 0.462 e. The van der Waals surface area contributed by atoms with E-state index in [1.807, 2.05) is 0 Å². The quantitative estimate of drug-likeness (QED) is 0.841. The van der Waals surface area contributed by atoms with E-state index in [9.17, 15) is 22.0 Å². The molecule has 0 spiro atoms. The fraction of sp³-hybridized carbons (Fsp3) is 0.462. The van der Waals surface area contributed by atoms with Gasteiger partial charge in [-0.05, 0) is 24.5 Å². The average Bonchev–Trinajstić information content (AvgIpc) is 2.33. The first-order chi connectivity index (χ1) is 9.79. The highest BCUT2D eigenvalue weighted by Crippen LogP contribution is 2.29. The molecule has 0 atom stereocenters. The zero-order valence-electron chi connectivity index (χ0n) is 11.1. The molecule has 1 saturated carbocycles. The number of hydrogen-bond acceptors (Lipinski definition) is 4. The van der Waals surface area contributed by atoms with Crippen molar-refractivity contribution in [3.63, 3.8) is 0 Å². The summed E-state index contributed by atoms with van der Waals surface area (Å²) in [4.78, 5) is 11.0. The number of primary sulfonamides is 1. The summed E-state index contributed by atoms with van der Waals surface area (Å²) in [5.74, 6) is -3.52. The molecule has 0 bridgehead atoms. The van der Waals surface area contributed by atoms with E-state index in [0.717, 1.165) is 19.3 Å². The first-order valence-electron chi connectivity index (χ1n) is 6.48. The number of halogens is 2. The molecule has 0 aromatic heterocycles. The van der Waals surface area contributed by atoms with Crippen LogP contribution in [-0.2, 0) is 14.8 Å². The molecule has 0 amide bonds. The van der Waals surface area contributed by atoms with Crippen molar-refractivity contribution in [2.24, 2.45) is 11.1 Å². The van der Waals surface area contributed by atoms with Crippen molar-refractivity contribution in [2.75, 3.05) is 6.61 Å². The van der Waals surface area contributed by atoms with Gasteiger partial charge in [0, 0.05) is 0 Å². The SMILES string of the molecule is NS(=O)(=O)c1cc(F)c(F)c(C(=O)OCCC2CCC2)c1. The topological polar surface area (TPSA) is 86.5 Å².